The van der Waals surface area contributed by atoms with Gasteiger partial charge in [-0.15, -0.1) is 0 Å². The van der Waals surface area contributed by atoms with Crippen molar-refractivity contribution in [3.05, 3.63) is 83.4 Å². The third-order valence-corrected chi connectivity index (χ3v) is 5.89. The minimum absolute atomic E-state index is 1.07. The van der Waals surface area contributed by atoms with Gasteiger partial charge in [-0.2, -0.15) is 0 Å². The lowest BCUT2D eigenvalue weighted by Gasteiger charge is -2.08. The zero-order valence-electron chi connectivity index (χ0n) is 15.4. The molecule has 1 aliphatic rings. The molecule has 4 aromatic carbocycles. The van der Waals surface area contributed by atoms with Crippen molar-refractivity contribution in [1.29, 1.82) is 0 Å². The number of fused-ring (bicyclic) bond motifs is 6. The molecule has 5 rings (SSSR count). The van der Waals surface area contributed by atoms with Crippen molar-refractivity contribution in [3.63, 3.8) is 0 Å². The van der Waals surface area contributed by atoms with Crippen LogP contribution in [0.4, 0.5) is 0 Å². The largest absolute Gasteiger partial charge is 0.0654 e. The quantitative estimate of drug-likeness (QED) is 0.239. The maximum Gasteiger partial charge on any atom is -0.000718 e. The molecule has 0 fully saturated rings. The molecule has 0 saturated heterocycles. The molecule has 0 unspecified atom stereocenters. The number of aryl methyl sites for hydroxylation is 1. The van der Waals surface area contributed by atoms with E-state index in [-0.39, 0.29) is 0 Å². The lowest BCUT2D eigenvalue weighted by molar-refractivity contribution is 0.717. The lowest BCUT2D eigenvalue weighted by atomic mass is 9.96. The van der Waals surface area contributed by atoms with Crippen LogP contribution >= 0.6 is 0 Å². The van der Waals surface area contributed by atoms with Crippen LogP contribution in [0.5, 0.6) is 0 Å². The molecule has 128 valence electrons. The minimum Gasteiger partial charge on any atom is -0.0654 e. The number of rotatable bonds is 4. The van der Waals surface area contributed by atoms with Gasteiger partial charge in [0.25, 0.3) is 0 Å². The average molecular weight is 336 g/mol. The van der Waals surface area contributed by atoms with E-state index < -0.39 is 0 Å². The van der Waals surface area contributed by atoms with Crippen molar-refractivity contribution in [3.8, 4) is 11.1 Å². The van der Waals surface area contributed by atoms with Crippen LogP contribution in [0.3, 0.4) is 0 Å². The Kier molecular flexibility index (Phi) is 3.78. The standard InChI is InChI=1S/C26H24/c1-2-3-4-7-18-10-12-23-22(14-18)17-26-24(23)13-11-21-15-19-8-5-6-9-20(19)16-25(21)26/h5-6,8-16H,2-4,7,17H2,1H3. The fourth-order valence-corrected chi connectivity index (χ4v) is 4.50. The van der Waals surface area contributed by atoms with E-state index >= 15 is 0 Å². The Labute approximate surface area is 155 Å². The average Bonchev–Trinajstić information content (AvgIpc) is 3.05. The minimum atomic E-state index is 1.07. The van der Waals surface area contributed by atoms with E-state index in [1.54, 1.807) is 0 Å². The summed E-state index contributed by atoms with van der Waals surface area (Å²) in [6, 6.07) is 25.2. The highest BCUT2D eigenvalue weighted by molar-refractivity contribution is 6.03. The lowest BCUT2D eigenvalue weighted by Crippen LogP contribution is -1.88. The summed E-state index contributed by atoms with van der Waals surface area (Å²) in [6.07, 6.45) is 6.20. The number of hydrogen-bond acceptors (Lipinski definition) is 0. The first-order chi connectivity index (χ1) is 12.8. The van der Waals surface area contributed by atoms with Crippen LogP contribution in [0.25, 0.3) is 32.7 Å². The summed E-state index contributed by atoms with van der Waals surface area (Å²) in [5.74, 6) is 0. The van der Waals surface area contributed by atoms with Crippen LogP contribution in [0, 0.1) is 0 Å². The summed E-state index contributed by atoms with van der Waals surface area (Å²) < 4.78 is 0. The van der Waals surface area contributed by atoms with E-state index in [1.807, 2.05) is 0 Å². The van der Waals surface area contributed by atoms with E-state index in [1.165, 1.54) is 75.0 Å². The summed E-state index contributed by atoms with van der Waals surface area (Å²) in [4.78, 5) is 0. The molecule has 0 radical (unpaired) electrons. The van der Waals surface area contributed by atoms with Crippen molar-refractivity contribution in [2.45, 2.75) is 39.0 Å². The summed E-state index contributed by atoms with van der Waals surface area (Å²) in [6.45, 7) is 2.27. The molecule has 4 aromatic rings. The van der Waals surface area contributed by atoms with E-state index in [0.717, 1.165) is 6.42 Å². The van der Waals surface area contributed by atoms with E-state index in [4.69, 9.17) is 0 Å². The number of benzene rings is 4. The van der Waals surface area contributed by atoms with Crippen LogP contribution in [-0.4, -0.2) is 0 Å². The van der Waals surface area contributed by atoms with Gasteiger partial charge in [0.05, 0.1) is 0 Å². The Hall–Kier alpha value is -2.60. The van der Waals surface area contributed by atoms with Crippen molar-refractivity contribution in [1.82, 2.24) is 0 Å². The maximum absolute atomic E-state index is 2.46. The molecule has 0 heterocycles. The van der Waals surface area contributed by atoms with Gasteiger partial charge in [0.1, 0.15) is 0 Å². The molecule has 0 amide bonds. The molecular formula is C26H24. The molecule has 0 aliphatic heterocycles. The first-order valence-corrected chi connectivity index (χ1v) is 9.90. The molecule has 0 spiro atoms. The molecule has 0 heteroatoms. The van der Waals surface area contributed by atoms with E-state index in [2.05, 4.69) is 73.7 Å². The highest BCUT2D eigenvalue weighted by atomic mass is 14.2. The Morgan fingerprint density at radius 1 is 0.731 bits per heavy atom. The van der Waals surface area contributed by atoms with Crippen LogP contribution in [0.2, 0.25) is 0 Å². The first kappa shape index (κ1) is 15.6. The Bertz CT molecular complexity index is 1120. The fraction of sp³-hybridized carbons (Fsp3) is 0.231. The Balaban J connectivity index is 1.59. The van der Waals surface area contributed by atoms with E-state index in [0.29, 0.717) is 0 Å². The van der Waals surface area contributed by atoms with Crippen LogP contribution in [0.1, 0.15) is 42.9 Å². The smallest absolute Gasteiger partial charge is 0.000718 e. The Morgan fingerprint density at radius 3 is 2.38 bits per heavy atom. The van der Waals surface area contributed by atoms with Crippen LogP contribution in [0.15, 0.2) is 66.7 Å². The van der Waals surface area contributed by atoms with Crippen molar-refractivity contribution in [2.75, 3.05) is 0 Å². The topological polar surface area (TPSA) is 0 Å². The third kappa shape index (κ3) is 2.52. The number of unbranched alkanes of at least 4 members (excludes halogenated alkanes) is 2. The highest BCUT2D eigenvalue weighted by Gasteiger charge is 2.20. The van der Waals surface area contributed by atoms with Crippen LogP contribution in [-0.2, 0) is 12.8 Å². The highest BCUT2D eigenvalue weighted by Crippen LogP contribution is 2.41. The molecule has 0 bridgehead atoms. The predicted molar refractivity (Wildman–Crippen MR) is 113 cm³/mol. The second kappa shape index (κ2) is 6.29. The van der Waals surface area contributed by atoms with Gasteiger partial charge in [-0.1, -0.05) is 74.4 Å². The van der Waals surface area contributed by atoms with Gasteiger partial charge in [0, 0.05) is 0 Å². The predicted octanol–water partition coefficient (Wildman–Crippen LogP) is 7.30. The molecule has 0 nitrogen and oxygen atoms in total. The summed E-state index contributed by atoms with van der Waals surface area (Å²) >= 11 is 0. The molecule has 0 atom stereocenters. The summed E-state index contributed by atoms with van der Waals surface area (Å²) in [7, 11) is 0. The normalized spacial score (nSPS) is 12.5. The first-order valence-electron chi connectivity index (χ1n) is 9.90. The maximum atomic E-state index is 2.46. The fourth-order valence-electron chi connectivity index (χ4n) is 4.50. The van der Waals surface area contributed by atoms with Crippen LogP contribution < -0.4 is 0 Å². The van der Waals surface area contributed by atoms with Gasteiger partial charge in [-0.3, -0.25) is 0 Å². The second-order valence-electron chi connectivity index (χ2n) is 7.64. The summed E-state index contributed by atoms with van der Waals surface area (Å²) in [5.41, 5.74) is 7.39. The second-order valence-corrected chi connectivity index (χ2v) is 7.64. The van der Waals surface area contributed by atoms with Gasteiger partial charge in [-0.25, -0.2) is 0 Å². The molecule has 0 aromatic heterocycles. The molecule has 0 saturated carbocycles. The zero-order valence-corrected chi connectivity index (χ0v) is 15.4. The molecule has 26 heavy (non-hydrogen) atoms. The zero-order chi connectivity index (χ0) is 17.5. The molecule has 0 N–H and O–H groups in total. The van der Waals surface area contributed by atoms with Crippen molar-refractivity contribution in [2.24, 2.45) is 0 Å². The van der Waals surface area contributed by atoms with E-state index in [9.17, 15) is 0 Å². The van der Waals surface area contributed by atoms with Gasteiger partial charge in [-0.05, 0) is 80.8 Å². The summed E-state index contributed by atoms with van der Waals surface area (Å²) in [5, 5.41) is 5.45. The third-order valence-electron chi connectivity index (χ3n) is 5.89. The van der Waals surface area contributed by atoms with Gasteiger partial charge >= 0.3 is 0 Å². The van der Waals surface area contributed by atoms with Gasteiger partial charge in [0.2, 0.25) is 0 Å². The molecular weight excluding hydrogens is 312 g/mol. The van der Waals surface area contributed by atoms with Gasteiger partial charge < -0.3 is 0 Å². The SMILES string of the molecule is CCCCCc1ccc2c(c1)Cc1c-2ccc2cc3ccccc3cc12. The van der Waals surface area contributed by atoms with Crippen molar-refractivity contribution >= 4 is 21.5 Å². The number of hydrogen-bond donors (Lipinski definition) is 0. The Morgan fingerprint density at radius 2 is 1.54 bits per heavy atom. The van der Waals surface area contributed by atoms with Crippen molar-refractivity contribution < 1.29 is 0 Å². The van der Waals surface area contributed by atoms with Gasteiger partial charge in [0.15, 0.2) is 0 Å². The monoisotopic (exact) mass is 336 g/mol. The molecule has 1 aliphatic carbocycles.